The molecule has 0 spiro atoms. The molecule has 0 aromatic carbocycles. The second-order valence-corrected chi connectivity index (χ2v) is 7.69. The highest BCUT2D eigenvalue weighted by molar-refractivity contribution is 6.02. The maximum Gasteiger partial charge on any atom is 0.334 e. The van der Waals surface area contributed by atoms with Crippen LogP contribution in [0, 0.1) is 5.41 Å². The number of nitrogens with zero attached hydrogens (tertiary/aromatic N) is 2. The number of amides is 1. The molecule has 0 saturated heterocycles. The Morgan fingerprint density at radius 2 is 2.04 bits per heavy atom. The summed E-state index contributed by atoms with van der Waals surface area (Å²) in [5.41, 5.74) is 0.0117. The summed E-state index contributed by atoms with van der Waals surface area (Å²) in [6, 6.07) is 1.68. The Hall–Kier alpha value is -3.23. The molecule has 28 heavy (non-hydrogen) atoms. The Bertz CT molecular complexity index is 1020. The topological polar surface area (TPSA) is 123 Å². The molecule has 148 valence electrons. The number of esters is 1. The van der Waals surface area contributed by atoms with Crippen LogP contribution in [-0.2, 0) is 23.0 Å². The van der Waals surface area contributed by atoms with Gasteiger partial charge in [0.05, 0.1) is 12.8 Å². The molecule has 0 bridgehead atoms. The van der Waals surface area contributed by atoms with Crippen LogP contribution in [0.15, 0.2) is 23.1 Å². The summed E-state index contributed by atoms with van der Waals surface area (Å²) in [5.74, 6) is -1.65. The van der Waals surface area contributed by atoms with E-state index in [9.17, 15) is 19.2 Å². The largest absolute Gasteiger partial charge is 0.467 e. The number of pyridine rings is 1. The third-order valence-corrected chi connectivity index (χ3v) is 4.70. The summed E-state index contributed by atoms with van der Waals surface area (Å²) < 4.78 is 6.21. The summed E-state index contributed by atoms with van der Waals surface area (Å²) in [4.78, 5) is 52.4. The van der Waals surface area contributed by atoms with Gasteiger partial charge in [-0.2, -0.15) is 5.10 Å². The van der Waals surface area contributed by atoms with Gasteiger partial charge in [-0.15, -0.1) is 0 Å². The Morgan fingerprint density at radius 1 is 1.32 bits per heavy atom. The monoisotopic (exact) mass is 386 g/mol. The molecule has 2 aromatic rings. The number of hydrogen-bond donors (Lipinski definition) is 2. The number of aromatic amines is 1. The van der Waals surface area contributed by atoms with Crippen LogP contribution < -0.4 is 10.9 Å². The highest BCUT2D eigenvalue weighted by Crippen LogP contribution is 2.33. The maximum atomic E-state index is 12.7. The molecule has 9 heteroatoms. The number of aryl methyl sites for hydroxylation is 1. The molecule has 3 rings (SSSR count). The van der Waals surface area contributed by atoms with Crippen LogP contribution >= 0.6 is 0 Å². The molecular weight excluding hydrogens is 364 g/mol. The summed E-state index contributed by atoms with van der Waals surface area (Å²) in [6.07, 6.45) is 2.47. The number of fused-ring (bicyclic) bond motifs is 1. The van der Waals surface area contributed by atoms with Crippen LogP contribution in [-0.4, -0.2) is 39.5 Å². The van der Waals surface area contributed by atoms with Crippen molar-refractivity contribution in [1.82, 2.24) is 20.1 Å². The minimum atomic E-state index is -1.18. The number of rotatable bonds is 4. The predicted molar refractivity (Wildman–Crippen MR) is 98.9 cm³/mol. The number of carbonyl (C=O) groups excluding carboxylic acids is 3. The maximum absolute atomic E-state index is 12.7. The molecule has 0 radical (unpaired) electrons. The van der Waals surface area contributed by atoms with Crippen molar-refractivity contribution in [3.63, 3.8) is 0 Å². The summed E-state index contributed by atoms with van der Waals surface area (Å²) in [5, 5.41) is 6.58. The molecule has 1 aliphatic rings. The van der Waals surface area contributed by atoms with Gasteiger partial charge in [-0.05, 0) is 24.0 Å². The quantitative estimate of drug-likeness (QED) is 0.753. The van der Waals surface area contributed by atoms with E-state index in [1.807, 2.05) is 13.8 Å². The standard InChI is InChI=1S/C19H22N4O5/c1-19(2)8-13-10(14(24)9-19)7-11(16(25)20-13)17(26)21-15(18(27)28-4)12-5-6-23(3)22-12/h5-7,15H,8-9H2,1-4H3,(H,20,25)(H,21,26). The van der Waals surface area contributed by atoms with E-state index >= 15 is 0 Å². The number of Topliss-reactive ketones (excluding diaryl/α,β-unsaturated/α-hetero) is 1. The predicted octanol–water partition coefficient (Wildman–Crippen LogP) is 0.908. The van der Waals surface area contributed by atoms with E-state index in [0.717, 1.165) is 0 Å². The SMILES string of the molecule is COC(=O)C(NC(=O)c1cc2c([nH]c1=O)CC(C)(C)CC2=O)c1ccn(C)n1. The lowest BCUT2D eigenvalue weighted by molar-refractivity contribution is -0.143. The van der Waals surface area contributed by atoms with Gasteiger partial charge in [0, 0.05) is 30.9 Å². The fourth-order valence-electron chi connectivity index (χ4n) is 3.36. The lowest BCUT2D eigenvalue weighted by Gasteiger charge is -2.29. The van der Waals surface area contributed by atoms with E-state index in [1.165, 1.54) is 17.9 Å². The zero-order chi connectivity index (χ0) is 20.6. The first-order valence-corrected chi connectivity index (χ1v) is 8.79. The average molecular weight is 386 g/mol. The smallest absolute Gasteiger partial charge is 0.334 e. The van der Waals surface area contributed by atoms with E-state index < -0.39 is 23.5 Å². The van der Waals surface area contributed by atoms with Crippen LogP contribution in [0.4, 0.5) is 0 Å². The zero-order valence-corrected chi connectivity index (χ0v) is 16.2. The molecule has 1 aliphatic carbocycles. The van der Waals surface area contributed by atoms with Crippen molar-refractivity contribution >= 4 is 17.7 Å². The molecule has 9 nitrogen and oxygen atoms in total. The third-order valence-electron chi connectivity index (χ3n) is 4.70. The first kappa shape index (κ1) is 19.5. The molecular formula is C19H22N4O5. The number of carbonyl (C=O) groups is 3. The van der Waals surface area contributed by atoms with Gasteiger partial charge in [0.25, 0.3) is 11.5 Å². The van der Waals surface area contributed by atoms with Gasteiger partial charge >= 0.3 is 5.97 Å². The highest BCUT2D eigenvalue weighted by Gasteiger charge is 2.33. The number of hydrogen-bond acceptors (Lipinski definition) is 6. The molecule has 2 aromatic heterocycles. The number of aromatic nitrogens is 3. The van der Waals surface area contributed by atoms with E-state index in [0.29, 0.717) is 24.1 Å². The molecule has 2 heterocycles. The minimum absolute atomic E-state index is 0.134. The Morgan fingerprint density at radius 3 is 2.64 bits per heavy atom. The van der Waals surface area contributed by atoms with E-state index in [1.54, 1.807) is 19.3 Å². The van der Waals surface area contributed by atoms with Crippen molar-refractivity contribution in [2.45, 2.75) is 32.7 Å². The van der Waals surface area contributed by atoms with Gasteiger partial charge in [0.15, 0.2) is 11.8 Å². The third kappa shape index (κ3) is 3.73. The van der Waals surface area contributed by atoms with Crippen molar-refractivity contribution in [3.8, 4) is 0 Å². The number of ketones is 1. The molecule has 2 N–H and O–H groups in total. The first-order chi connectivity index (χ1) is 13.1. The molecule has 1 atom stereocenters. The van der Waals surface area contributed by atoms with Crippen molar-refractivity contribution < 1.29 is 19.1 Å². The van der Waals surface area contributed by atoms with Crippen LogP contribution in [0.2, 0.25) is 0 Å². The zero-order valence-electron chi connectivity index (χ0n) is 16.2. The van der Waals surface area contributed by atoms with E-state index in [4.69, 9.17) is 4.74 Å². The van der Waals surface area contributed by atoms with Crippen molar-refractivity contribution in [2.24, 2.45) is 12.5 Å². The fourth-order valence-corrected chi connectivity index (χ4v) is 3.36. The van der Waals surface area contributed by atoms with Crippen molar-refractivity contribution in [3.05, 3.63) is 51.2 Å². The van der Waals surface area contributed by atoms with Crippen LogP contribution in [0.1, 0.15) is 58.4 Å². The second-order valence-electron chi connectivity index (χ2n) is 7.69. The highest BCUT2D eigenvalue weighted by atomic mass is 16.5. The van der Waals surface area contributed by atoms with Crippen molar-refractivity contribution in [2.75, 3.05) is 7.11 Å². The first-order valence-electron chi connectivity index (χ1n) is 8.79. The minimum Gasteiger partial charge on any atom is -0.467 e. The van der Waals surface area contributed by atoms with E-state index in [-0.39, 0.29) is 22.5 Å². The van der Waals surface area contributed by atoms with Gasteiger partial charge < -0.3 is 15.0 Å². The Kier molecular flexibility index (Phi) is 4.93. The molecule has 0 saturated carbocycles. The fraction of sp³-hybridized carbons (Fsp3) is 0.421. The van der Waals surface area contributed by atoms with E-state index in [2.05, 4.69) is 15.4 Å². The lowest BCUT2D eigenvalue weighted by atomic mass is 9.75. The van der Waals surface area contributed by atoms with Gasteiger partial charge in [-0.25, -0.2) is 4.79 Å². The van der Waals surface area contributed by atoms with Crippen LogP contribution in [0.25, 0.3) is 0 Å². The van der Waals surface area contributed by atoms with Crippen LogP contribution in [0.5, 0.6) is 0 Å². The Labute approximate surface area is 161 Å². The van der Waals surface area contributed by atoms with Gasteiger partial charge in [0.1, 0.15) is 5.56 Å². The second kappa shape index (κ2) is 7.06. The molecule has 1 unspecified atom stereocenters. The molecule has 0 fully saturated rings. The Balaban J connectivity index is 1.94. The summed E-state index contributed by atoms with van der Waals surface area (Å²) >= 11 is 0. The van der Waals surface area contributed by atoms with Crippen LogP contribution in [0.3, 0.4) is 0 Å². The normalized spacial score (nSPS) is 16.2. The molecule has 0 aliphatic heterocycles. The molecule has 1 amide bonds. The number of nitrogens with one attached hydrogen (secondary N) is 2. The number of methoxy groups -OCH3 is 1. The van der Waals surface area contributed by atoms with Crippen molar-refractivity contribution in [1.29, 1.82) is 0 Å². The average Bonchev–Trinajstić information content (AvgIpc) is 3.03. The summed E-state index contributed by atoms with van der Waals surface area (Å²) in [7, 11) is 2.86. The summed E-state index contributed by atoms with van der Waals surface area (Å²) in [6.45, 7) is 3.89. The lowest BCUT2D eigenvalue weighted by Crippen LogP contribution is -2.39. The van der Waals surface area contributed by atoms with Gasteiger partial charge in [-0.1, -0.05) is 13.8 Å². The number of ether oxygens (including phenoxy) is 1. The van der Waals surface area contributed by atoms with Gasteiger partial charge in [0.2, 0.25) is 0 Å². The van der Waals surface area contributed by atoms with Gasteiger partial charge in [-0.3, -0.25) is 19.1 Å². The number of H-pyrrole nitrogens is 1.